The Hall–Kier alpha value is -1.11. The highest BCUT2D eigenvalue weighted by Crippen LogP contribution is 2.20. The minimum atomic E-state index is -2.45. The second-order valence-corrected chi connectivity index (χ2v) is 2.74. The van der Waals surface area contributed by atoms with Crippen molar-refractivity contribution in [1.82, 2.24) is 0 Å². The number of nitriles is 1. The molecular weight excluding hydrogens is 173 g/mol. The topological polar surface area (TPSA) is 50.1 Å². The average Bonchev–Trinajstić information content (AvgIpc) is 2.14. The van der Waals surface area contributed by atoms with Gasteiger partial charge >= 0.3 is 5.97 Å². The van der Waals surface area contributed by atoms with Crippen LogP contribution in [0.2, 0.25) is 0 Å². The van der Waals surface area contributed by atoms with Gasteiger partial charge in [0.2, 0.25) is 0 Å². The molecule has 0 saturated heterocycles. The lowest BCUT2D eigenvalue weighted by Crippen LogP contribution is -2.34. The van der Waals surface area contributed by atoms with Crippen molar-refractivity contribution in [3.63, 3.8) is 0 Å². The van der Waals surface area contributed by atoms with E-state index in [9.17, 15) is 9.18 Å². The highest BCUT2D eigenvalue weighted by Gasteiger charge is 2.39. The number of rotatable bonds is 5. The molecule has 4 heteroatoms. The molecule has 0 aliphatic carbocycles. The van der Waals surface area contributed by atoms with E-state index in [0.29, 0.717) is 6.42 Å². The number of nitrogens with zero attached hydrogens (tertiary/aromatic N) is 1. The van der Waals surface area contributed by atoms with E-state index in [1.54, 1.807) is 6.92 Å². The first kappa shape index (κ1) is 11.9. The Balaban J connectivity index is 4.27. The molecular formula is C9H14FNO2. The summed E-state index contributed by atoms with van der Waals surface area (Å²) in [5.74, 6) is -1.06. The largest absolute Gasteiger partial charge is 0.463 e. The molecule has 0 aliphatic rings. The summed E-state index contributed by atoms with van der Waals surface area (Å²) in [4.78, 5) is 11.0. The summed E-state index contributed by atoms with van der Waals surface area (Å²) in [5, 5.41) is 8.48. The Morgan fingerprint density at radius 2 is 2.23 bits per heavy atom. The van der Waals surface area contributed by atoms with Crippen molar-refractivity contribution < 1.29 is 13.9 Å². The van der Waals surface area contributed by atoms with Gasteiger partial charge in [0.15, 0.2) is 0 Å². The normalized spacial score (nSPS) is 14.3. The molecule has 0 amide bonds. The number of carbonyl (C=O) groups excluding carboxylic acids is 1. The number of esters is 1. The summed E-state index contributed by atoms with van der Waals surface area (Å²) >= 11 is 0. The second kappa shape index (κ2) is 5.52. The molecule has 0 spiro atoms. The van der Waals surface area contributed by atoms with Crippen LogP contribution >= 0.6 is 0 Å². The van der Waals surface area contributed by atoms with Crippen molar-refractivity contribution in [3.8, 4) is 6.07 Å². The van der Waals surface area contributed by atoms with Gasteiger partial charge < -0.3 is 4.74 Å². The maximum absolute atomic E-state index is 13.5. The minimum absolute atomic E-state index is 0.0845. The van der Waals surface area contributed by atoms with Gasteiger partial charge in [0.25, 0.3) is 5.67 Å². The first-order valence-electron chi connectivity index (χ1n) is 4.38. The Kier molecular flexibility index (Phi) is 5.05. The van der Waals surface area contributed by atoms with Crippen LogP contribution in [0.15, 0.2) is 0 Å². The molecule has 0 unspecified atom stereocenters. The summed E-state index contributed by atoms with van der Waals surface area (Å²) in [6.45, 7) is 3.54. The maximum Gasteiger partial charge on any atom is 0.358 e. The van der Waals surface area contributed by atoms with Gasteiger partial charge in [-0.25, -0.2) is 9.18 Å². The predicted octanol–water partition coefficient (Wildman–Crippen LogP) is 1.97. The summed E-state index contributed by atoms with van der Waals surface area (Å²) in [5.41, 5.74) is -2.45. The highest BCUT2D eigenvalue weighted by atomic mass is 19.1. The molecule has 0 aliphatic heterocycles. The van der Waals surface area contributed by atoms with Crippen LogP contribution in [0.1, 0.15) is 33.1 Å². The molecule has 0 radical (unpaired) electrons. The molecule has 0 aromatic carbocycles. The van der Waals surface area contributed by atoms with Gasteiger partial charge in [-0.3, -0.25) is 0 Å². The lowest BCUT2D eigenvalue weighted by molar-refractivity contribution is -0.153. The van der Waals surface area contributed by atoms with Crippen molar-refractivity contribution in [1.29, 1.82) is 5.26 Å². The van der Waals surface area contributed by atoms with E-state index in [1.165, 1.54) is 6.07 Å². The third-order valence-corrected chi connectivity index (χ3v) is 1.65. The van der Waals surface area contributed by atoms with Crippen molar-refractivity contribution in [3.05, 3.63) is 0 Å². The van der Waals surface area contributed by atoms with Crippen molar-refractivity contribution in [2.45, 2.75) is 38.8 Å². The smallest absolute Gasteiger partial charge is 0.358 e. The molecule has 0 heterocycles. The molecule has 13 heavy (non-hydrogen) atoms. The van der Waals surface area contributed by atoms with Gasteiger partial charge in [-0.2, -0.15) is 5.26 Å². The third kappa shape index (κ3) is 3.41. The lowest BCUT2D eigenvalue weighted by atomic mass is 10.0. The molecule has 1 atom stereocenters. The van der Waals surface area contributed by atoms with E-state index >= 15 is 0 Å². The zero-order chi connectivity index (χ0) is 10.3. The Bertz CT molecular complexity index is 212. The van der Waals surface area contributed by atoms with Crippen LogP contribution in [0, 0.1) is 11.3 Å². The Morgan fingerprint density at radius 3 is 2.62 bits per heavy atom. The van der Waals surface area contributed by atoms with Crippen LogP contribution in [0.4, 0.5) is 4.39 Å². The summed E-state index contributed by atoms with van der Waals surface area (Å²) in [7, 11) is 0. The molecule has 0 aromatic heterocycles. The van der Waals surface area contributed by atoms with Crippen molar-refractivity contribution in [2.24, 2.45) is 0 Å². The number of alkyl halides is 1. The standard InChI is InChI=1S/C9H14FNO2/c1-3-5-6-9(10,7-11)8(12)13-4-2/h3-6H2,1-2H3/t9-/m1/s1. The second-order valence-electron chi connectivity index (χ2n) is 2.74. The van der Waals surface area contributed by atoms with Gasteiger partial charge in [-0.15, -0.1) is 0 Å². The Labute approximate surface area is 77.5 Å². The summed E-state index contributed by atoms with van der Waals surface area (Å²) in [6.07, 6.45) is 1.16. The first-order valence-corrected chi connectivity index (χ1v) is 4.38. The monoisotopic (exact) mass is 187 g/mol. The van der Waals surface area contributed by atoms with E-state index in [4.69, 9.17) is 5.26 Å². The van der Waals surface area contributed by atoms with Crippen LogP contribution in [-0.4, -0.2) is 18.2 Å². The fraction of sp³-hybridized carbons (Fsp3) is 0.778. The van der Waals surface area contributed by atoms with Crippen LogP contribution < -0.4 is 0 Å². The predicted molar refractivity (Wildman–Crippen MR) is 45.6 cm³/mol. The summed E-state index contributed by atoms with van der Waals surface area (Å²) < 4.78 is 17.9. The SMILES string of the molecule is CCCC[C@@](F)(C#N)C(=O)OCC. The van der Waals surface area contributed by atoms with E-state index in [2.05, 4.69) is 4.74 Å². The maximum atomic E-state index is 13.5. The van der Waals surface area contributed by atoms with Gasteiger partial charge in [0, 0.05) is 6.42 Å². The van der Waals surface area contributed by atoms with E-state index in [1.807, 2.05) is 6.92 Å². The van der Waals surface area contributed by atoms with Crippen molar-refractivity contribution >= 4 is 5.97 Å². The van der Waals surface area contributed by atoms with Gasteiger partial charge in [-0.1, -0.05) is 13.3 Å². The van der Waals surface area contributed by atoms with Crippen LogP contribution in [0.3, 0.4) is 0 Å². The fourth-order valence-electron chi connectivity index (χ4n) is 0.869. The van der Waals surface area contributed by atoms with Gasteiger partial charge in [0.1, 0.15) is 6.07 Å². The molecule has 0 rings (SSSR count). The molecule has 0 fully saturated rings. The van der Waals surface area contributed by atoms with E-state index in [-0.39, 0.29) is 13.0 Å². The van der Waals surface area contributed by atoms with Gasteiger partial charge in [-0.05, 0) is 13.3 Å². The number of halogens is 1. The van der Waals surface area contributed by atoms with Crippen LogP contribution in [0.25, 0.3) is 0 Å². The molecule has 0 bridgehead atoms. The Morgan fingerprint density at radius 1 is 1.62 bits per heavy atom. The summed E-state index contributed by atoms with van der Waals surface area (Å²) in [6, 6.07) is 1.36. The number of ether oxygens (including phenoxy) is 1. The van der Waals surface area contributed by atoms with Gasteiger partial charge in [0.05, 0.1) is 6.61 Å². The van der Waals surface area contributed by atoms with Crippen LogP contribution in [-0.2, 0) is 9.53 Å². The minimum Gasteiger partial charge on any atom is -0.463 e. The van der Waals surface area contributed by atoms with E-state index in [0.717, 1.165) is 6.42 Å². The molecule has 0 N–H and O–H groups in total. The number of hydrogen-bond donors (Lipinski definition) is 0. The molecule has 74 valence electrons. The number of carbonyl (C=O) groups is 1. The van der Waals surface area contributed by atoms with Crippen LogP contribution in [0.5, 0.6) is 0 Å². The zero-order valence-electron chi connectivity index (χ0n) is 7.97. The molecule has 3 nitrogen and oxygen atoms in total. The first-order chi connectivity index (χ1) is 6.10. The average molecular weight is 187 g/mol. The molecule has 0 aromatic rings. The fourth-order valence-corrected chi connectivity index (χ4v) is 0.869. The number of unbranched alkanes of at least 4 members (excludes halogenated alkanes) is 1. The van der Waals surface area contributed by atoms with E-state index < -0.39 is 11.6 Å². The lowest BCUT2D eigenvalue weighted by Gasteiger charge is -2.14. The molecule has 0 saturated carbocycles. The zero-order valence-corrected chi connectivity index (χ0v) is 7.97. The number of hydrogen-bond acceptors (Lipinski definition) is 3. The third-order valence-electron chi connectivity index (χ3n) is 1.65. The van der Waals surface area contributed by atoms with Crippen molar-refractivity contribution in [2.75, 3.05) is 6.61 Å². The highest BCUT2D eigenvalue weighted by molar-refractivity contribution is 5.82. The quantitative estimate of drug-likeness (QED) is 0.618.